The van der Waals surface area contributed by atoms with E-state index in [0.29, 0.717) is 48.2 Å². The first-order chi connectivity index (χ1) is 16.4. The second kappa shape index (κ2) is 12.3. The van der Waals surface area contributed by atoms with Crippen molar-refractivity contribution in [1.82, 2.24) is 9.80 Å². The number of hydrogen-bond donors (Lipinski definition) is 0. The number of rotatable bonds is 12. The van der Waals surface area contributed by atoms with Gasteiger partial charge in [-0.05, 0) is 53.6 Å². The van der Waals surface area contributed by atoms with Crippen molar-refractivity contribution < 1.29 is 23.5 Å². The number of amides is 2. The lowest BCUT2D eigenvalue weighted by atomic mass is 10.1. The first kappa shape index (κ1) is 25.4. The van der Waals surface area contributed by atoms with E-state index in [-0.39, 0.29) is 24.3 Å². The summed E-state index contributed by atoms with van der Waals surface area (Å²) in [5.41, 5.74) is 1.02. The van der Waals surface area contributed by atoms with Crippen LogP contribution >= 0.6 is 11.3 Å². The number of carbonyl (C=O) groups is 2. The highest BCUT2D eigenvalue weighted by molar-refractivity contribution is 7.12. The molecule has 0 bridgehead atoms. The zero-order valence-electron chi connectivity index (χ0n) is 20.2. The summed E-state index contributed by atoms with van der Waals surface area (Å²) >= 11 is 1.39. The van der Waals surface area contributed by atoms with Crippen LogP contribution in [0.4, 0.5) is 0 Å². The molecule has 2 aromatic heterocycles. The zero-order valence-corrected chi connectivity index (χ0v) is 21.0. The highest BCUT2D eigenvalue weighted by Gasteiger charge is 2.24. The highest BCUT2D eigenvalue weighted by atomic mass is 32.1. The largest absolute Gasteiger partial charge is 0.493 e. The van der Waals surface area contributed by atoms with Crippen molar-refractivity contribution in [3.05, 3.63) is 70.3 Å². The Morgan fingerprint density at radius 1 is 1.03 bits per heavy atom. The van der Waals surface area contributed by atoms with E-state index in [0.717, 1.165) is 5.56 Å². The number of methoxy groups -OCH3 is 2. The molecule has 0 N–H and O–H groups in total. The van der Waals surface area contributed by atoms with Crippen molar-refractivity contribution >= 4 is 23.2 Å². The van der Waals surface area contributed by atoms with Crippen LogP contribution in [0.15, 0.2) is 58.5 Å². The Kier molecular flexibility index (Phi) is 9.16. The van der Waals surface area contributed by atoms with Crippen LogP contribution in [-0.2, 0) is 17.8 Å². The molecule has 0 radical (unpaired) electrons. The lowest BCUT2D eigenvalue weighted by Crippen LogP contribution is -2.44. The van der Waals surface area contributed by atoms with Gasteiger partial charge < -0.3 is 23.7 Å². The van der Waals surface area contributed by atoms with E-state index in [2.05, 4.69) is 0 Å². The number of carbonyl (C=O) groups excluding carboxylic acids is 2. The highest BCUT2D eigenvalue weighted by Crippen LogP contribution is 2.28. The van der Waals surface area contributed by atoms with Crippen molar-refractivity contribution in [3.8, 4) is 11.5 Å². The van der Waals surface area contributed by atoms with E-state index in [9.17, 15) is 9.59 Å². The summed E-state index contributed by atoms with van der Waals surface area (Å²) in [5, 5.41) is 1.87. The minimum absolute atomic E-state index is 0.0154. The fraction of sp³-hybridized carbons (Fsp3) is 0.385. The van der Waals surface area contributed by atoms with Crippen LogP contribution in [-0.4, -0.2) is 55.5 Å². The smallest absolute Gasteiger partial charge is 0.264 e. The molecule has 8 heteroatoms. The maximum atomic E-state index is 13.4. The van der Waals surface area contributed by atoms with Gasteiger partial charge in [-0.25, -0.2) is 0 Å². The molecular weight excluding hydrogens is 452 g/mol. The van der Waals surface area contributed by atoms with Crippen LogP contribution in [0.25, 0.3) is 0 Å². The predicted octanol–water partition coefficient (Wildman–Crippen LogP) is 4.73. The van der Waals surface area contributed by atoms with E-state index in [1.54, 1.807) is 42.4 Å². The standard InChI is InChI=1S/C26H32N2O5S/c1-19(2)16-28(26(30)24-8-6-14-34-24)18-25(29)27(17-21-7-5-13-33-21)12-11-20-9-10-22(31-3)23(15-20)32-4/h5-10,13-15,19H,11-12,16-18H2,1-4H3. The van der Waals surface area contributed by atoms with Crippen LogP contribution in [0.2, 0.25) is 0 Å². The van der Waals surface area contributed by atoms with Crippen LogP contribution in [0.3, 0.4) is 0 Å². The van der Waals surface area contributed by atoms with Gasteiger partial charge in [-0.2, -0.15) is 0 Å². The minimum atomic E-state index is -0.123. The quantitative estimate of drug-likeness (QED) is 0.372. The summed E-state index contributed by atoms with van der Waals surface area (Å²) in [4.78, 5) is 30.5. The van der Waals surface area contributed by atoms with Gasteiger partial charge in [0.25, 0.3) is 5.91 Å². The summed E-state index contributed by atoms with van der Waals surface area (Å²) in [6.07, 6.45) is 2.22. The first-order valence-corrected chi connectivity index (χ1v) is 12.1. The van der Waals surface area contributed by atoms with Gasteiger partial charge in [-0.3, -0.25) is 9.59 Å². The van der Waals surface area contributed by atoms with E-state index in [1.807, 2.05) is 49.6 Å². The molecule has 0 atom stereocenters. The number of hydrogen-bond acceptors (Lipinski definition) is 6. The first-order valence-electron chi connectivity index (χ1n) is 11.2. The lowest BCUT2D eigenvalue weighted by molar-refractivity contribution is -0.132. The Morgan fingerprint density at radius 3 is 2.44 bits per heavy atom. The molecule has 2 heterocycles. The van der Waals surface area contributed by atoms with E-state index in [4.69, 9.17) is 13.9 Å². The molecule has 0 saturated carbocycles. The Morgan fingerprint density at radius 2 is 1.82 bits per heavy atom. The van der Waals surface area contributed by atoms with Gasteiger partial charge in [0.05, 0.1) is 31.9 Å². The Hall–Kier alpha value is -3.26. The average Bonchev–Trinajstić information content (AvgIpc) is 3.54. The molecule has 2 amide bonds. The van der Waals surface area contributed by atoms with Gasteiger partial charge in [0.1, 0.15) is 12.3 Å². The molecule has 182 valence electrons. The second-order valence-electron chi connectivity index (χ2n) is 8.39. The van der Waals surface area contributed by atoms with Crippen LogP contribution < -0.4 is 9.47 Å². The maximum Gasteiger partial charge on any atom is 0.264 e. The van der Waals surface area contributed by atoms with Gasteiger partial charge in [-0.15, -0.1) is 11.3 Å². The third kappa shape index (κ3) is 6.87. The van der Waals surface area contributed by atoms with Gasteiger partial charge in [0.2, 0.25) is 5.91 Å². The summed E-state index contributed by atoms with van der Waals surface area (Å²) in [7, 11) is 3.20. The average molecular weight is 485 g/mol. The molecular formula is C26H32N2O5S. The van der Waals surface area contributed by atoms with Crippen LogP contribution in [0.1, 0.15) is 34.8 Å². The molecule has 0 aliphatic carbocycles. The molecule has 0 spiro atoms. The molecule has 1 aromatic carbocycles. The lowest BCUT2D eigenvalue weighted by Gasteiger charge is -2.28. The summed E-state index contributed by atoms with van der Waals surface area (Å²) in [6.45, 7) is 5.40. The van der Waals surface area contributed by atoms with Crippen molar-refractivity contribution in [2.45, 2.75) is 26.8 Å². The third-order valence-electron chi connectivity index (χ3n) is 5.33. The van der Waals surface area contributed by atoms with Crippen LogP contribution in [0.5, 0.6) is 11.5 Å². The molecule has 34 heavy (non-hydrogen) atoms. The fourth-order valence-electron chi connectivity index (χ4n) is 3.66. The zero-order chi connectivity index (χ0) is 24.5. The number of ether oxygens (including phenoxy) is 2. The molecule has 0 saturated heterocycles. The number of furan rings is 1. The SMILES string of the molecule is COc1ccc(CCN(Cc2ccco2)C(=O)CN(CC(C)C)C(=O)c2cccs2)cc1OC. The molecule has 3 aromatic rings. The number of nitrogens with zero attached hydrogens (tertiary/aromatic N) is 2. The number of thiophene rings is 1. The van der Waals surface area contributed by atoms with Gasteiger partial charge >= 0.3 is 0 Å². The van der Waals surface area contributed by atoms with E-state index in [1.165, 1.54) is 11.3 Å². The summed E-state index contributed by atoms with van der Waals surface area (Å²) < 4.78 is 16.2. The molecule has 0 aliphatic heterocycles. The Balaban J connectivity index is 1.75. The normalized spacial score (nSPS) is 10.9. The second-order valence-corrected chi connectivity index (χ2v) is 9.34. The van der Waals surface area contributed by atoms with Crippen molar-refractivity contribution in [2.75, 3.05) is 33.9 Å². The molecule has 3 rings (SSSR count). The molecule has 0 fully saturated rings. The Bertz CT molecular complexity index is 1050. The predicted molar refractivity (Wildman–Crippen MR) is 132 cm³/mol. The summed E-state index contributed by atoms with van der Waals surface area (Å²) in [6, 6.07) is 13.0. The Labute approximate surface area is 204 Å². The van der Waals surface area contributed by atoms with E-state index >= 15 is 0 Å². The minimum Gasteiger partial charge on any atom is -0.493 e. The number of benzene rings is 1. The summed E-state index contributed by atoms with van der Waals surface area (Å²) in [5.74, 6) is 2.00. The van der Waals surface area contributed by atoms with Gasteiger partial charge in [0.15, 0.2) is 11.5 Å². The van der Waals surface area contributed by atoms with Crippen molar-refractivity contribution in [1.29, 1.82) is 0 Å². The fourth-order valence-corrected chi connectivity index (χ4v) is 4.35. The topological polar surface area (TPSA) is 72.2 Å². The molecule has 0 aliphatic rings. The van der Waals surface area contributed by atoms with Gasteiger partial charge in [0, 0.05) is 13.1 Å². The van der Waals surface area contributed by atoms with Gasteiger partial charge in [-0.1, -0.05) is 26.0 Å². The molecule has 0 unspecified atom stereocenters. The van der Waals surface area contributed by atoms with Crippen LogP contribution in [0, 0.1) is 5.92 Å². The van der Waals surface area contributed by atoms with E-state index < -0.39 is 0 Å². The third-order valence-corrected chi connectivity index (χ3v) is 6.19. The van der Waals surface area contributed by atoms with Crippen molar-refractivity contribution in [3.63, 3.8) is 0 Å². The maximum absolute atomic E-state index is 13.4. The van der Waals surface area contributed by atoms with Crippen molar-refractivity contribution in [2.24, 2.45) is 5.92 Å². The molecule has 7 nitrogen and oxygen atoms in total. The monoisotopic (exact) mass is 484 g/mol.